The second kappa shape index (κ2) is 8.88. The van der Waals surface area contributed by atoms with Crippen LogP contribution >= 0.6 is 0 Å². The fourth-order valence-corrected chi connectivity index (χ4v) is 4.01. The Hall–Kier alpha value is -3.18. The van der Waals surface area contributed by atoms with Gasteiger partial charge in [0.15, 0.2) is 0 Å². The number of hydrogen-bond acceptors (Lipinski definition) is 4. The van der Waals surface area contributed by atoms with E-state index < -0.39 is 5.97 Å². The van der Waals surface area contributed by atoms with Gasteiger partial charge in [0, 0.05) is 24.7 Å². The number of aromatic carboxylic acids is 1. The van der Waals surface area contributed by atoms with Gasteiger partial charge in [-0.1, -0.05) is 42.5 Å². The quantitative estimate of drug-likeness (QED) is 0.573. The van der Waals surface area contributed by atoms with Gasteiger partial charge in [-0.25, -0.2) is 4.79 Å². The number of fused-ring (bicyclic) bond motifs is 1. The molecule has 2 aromatic carbocycles. The average molecular weight is 387 g/mol. The number of carboxylic acids is 1. The van der Waals surface area contributed by atoms with Crippen LogP contribution in [0.4, 0.5) is 5.69 Å². The Kier molecular flexibility index (Phi) is 5.86. The molecule has 0 radical (unpaired) electrons. The number of hydrogen-bond donors (Lipinski definition) is 3. The van der Waals surface area contributed by atoms with Crippen LogP contribution in [-0.4, -0.2) is 29.1 Å². The summed E-state index contributed by atoms with van der Waals surface area (Å²) in [7, 11) is 0. The van der Waals surface area contributed by atoms with Gasteiger partial charge in [-0.2, -0.15) is 0 Å². The lowest BCUT2D eigenvalue weighted by atomic mass is 9.86. The summed E-state index contributed by atoms with van der Waals surface area (Å²) in [5, 5.41) is 16.4. The molecule has 4 rings (SSSR count). The van der Waals surface area contributed by atoms with Gasteiger partial charge >= 0.3 is 5.97 Å². The first-order chi connectivity index (χ1) is 14.2. The number of carbonyl (C=O) groups is 1. The maximum Gasteiger partial charge on any atom is 0.335 e. The standard InChI is InChI=1S/C24H25N3O2/c28-24(29)19-9-4-6-17(14-19)11-13-26-23(18-7-2-1-3-8-18)20-15-22-21(27-16-20)10-5-12-25-22/h1-10,12,14,20,23,26-27H,11,13,15-16H2,(H,28,29)/t20-,23-/m1/s1. The summed E-state index contributed by atoms with van der Waals surface area (Å²) >= 11 is 0. The zero-order chi connectivity index (χ0) is 20.1. The molecule has 2 atom stereocenters. The first-order valence-electron chi connectivity index (χ1n) is 9.99. The van der Waals surface area contributed by atoms with E-state index in [-0.39, 0.29) is 6.04 Å². The molecule has 3 N–H and O–H groups in total. The van der Waals surface area contributed by atoms with Gasteiger partial charge in [-0.05, 0) is 54.8 Å². The number of carboxylic acid groups (broad SMARTS) is 1. The van der Waals surface area contributed by atoms with Crippen molar-refractivity contribution in [2.24, 2.45) is 5.92 Å². The highest BCUT2D eigenvalue weighted by molar-refractivity contribution is 5.87. The topological polar surface area (TPSA) is 74.2 Å². The summed E-state index contributed by atoms with van der Waals surface area (Å²) in [6.07, 6.45) is 3.55. The molecule has 0 unspecified atom stereocenters. The zero-order valence-electron chi connectivity index (χ0n) is 16.2. The molecule has 5 nitrogen and oxygen atoms in total. The van der Waals surface area contributed by atoms with Crippen molar-refractivity contribution in [1.29, 1.82) is 0 Å². The predicted octanol–water partition coefficient (Wildman–Crippen LogP) is 3.94. The van der Waals surface area contributed by atoms with Gasteiger partial charge in [0.2, 0.25) is 0 Å². The van der Waals surface area contributed by atoms with Crippen LogP contribution in [0.2, 0.25) is 0 Å². The number of rotatable bonds is 7. The molecule has 0 bridgehead atoms. The van der Waals surface area contributed by atoms with Crippen molar-refractivity contribution in [3.8, 4) is 0 Å². The molecule has 5 heteroatoms. The first kappa shape index (κ1) is 19.2. The van der Waals surface area contributed by atoms with Crippen molar-refractivity contribution in [3.05, 3.63) is 95.3 Å². The predicted molar refractivity (Wildman–Crippen MR) is 114 cm³/mol. The van der Waals surface area contributed by atoms with E-state index in [2.05, 4.69) is 45.9 Å². The molecule has 0 saturated heterocycles. The van der Waals surface area contributed by atoms with Crippen molar-refractivity contribution in [2.75, 3.05) is 18.4 Å². The van der Waals surface area contributed by atoms with E-state index in [0.717, 1.165) is 42.9 Å². The minimum absolute atomic E-state index is 0.196. The number of nitrogens with one attached hydrogen (secondary N) is 2. The maximum atomic E-state index is 11.2. The third kappa shape index (κ3) is 4.63. The van der Waals surface area contributed by atoms with E-state index in [9.17, 15) is 9.90 Å². The lowest BCUT2D eigenvalue weighted by Gasteiger charge is -2.33. The van der Waals surface area contributed by atoms with Gasteiger partial charge in [0.1, 0.15) is 0 Å². The fraction of sp³-hybridized carbons (Fsp3) is 0.250. The molecule has 2 heterocycles. The third-order valence-electron chi connectivity index (χ3n) is 5.48. The van der Waals surface area contributed by atoms with Crippen LogP contribution in [0.3, 0.4) is 0 Å². The Balaban J connectivity index is 1.47. The van der Waals surface area contributed by atoms with E-state index in [1.54, 1.807) is 18.2 Å². The molecule has 0 aliphatic carbocycles. The Morgan fingerprint density at radius 2 is 2.00 bits per heavy atom. The van der Waals surface area contributed by atoms with Gasteiger partial charge in [0.05, 0.1) is 16.9 Å². The Morgan fingerprint density at radius 3 is 2.83 bits per heavy atom. The molecule has 1 aliphatic rings. The molecule has 3 aromatic rings. The Labute approximate surface area is 170 Å². The number of anilines is 1. The van der Waals surface area contributed by atoms with Crippen LogP contribution in [0.25, 0.3) is 0 Å². The largest absolute Gasteiger partial charge is 0.478 e. The number of nitrogens with zero attached hydrogens (tertiary/aromatic N) is 1. The number of pyridine rings is 1. The molecule has 0 amide bonds. The first-order valence-corrected chi connectivity index (χ1v) is 9.99. The summed E-state index contributed by atoms with van der Waals surface area (Å²) in [5.74, 6) is -0.508. The Morgan fingerprint density at radius 1 is 1.14 bits per heavy atom. The molecule has 148 valence electrons. The highest BCUT2D eigenvalue weighted by Crippen LogP contribution is 2.31. The molecule has 29 heavy (non-hydrogen) atoms. The van der Waals surface area contributed by atoms with Crippen molar-refractivity contribution >= 4 is 11.7 Å². The van der Waals surface area contributed by atoms with E-state index >= 15 is 0 Å². The van der Waals surface area contributed by atoms with Gasteiger partial charge < -0.3 is 15.7 Å². The van der Waals surface area contributed by atoms with Gasteiger partial charge in [0.25, 0.3) is 0 Å². The minimum atomic E-state index is -0.888. The van der Waals surface area contributed by atoms with Crippen LogP contribution in [0.1, 0.15) is 33.2 Å². The second-order valence-corrected chi connectivity index (χ2v) is 7.44. The van der Waals surface area contributed by atoms with Crippen LogP contribution in [0.15, 0.2) is 72.9 Å². The normalized spacial score (nSPS) is 16.5. The number of benzene rings is 2. The molecule has 0 saturated carbocycles. The summed E-state index contributed by atoms with van der Waals surface area (Å²) in [6.45, 7) is 1.66. The zero-order valence-corrected chi connectivity index (χ0v) is 16.2. The monoisotopic (exact) mass is 387 g/mol. The minimum Gasteiger partial charge on any atom is -0.478 e. The van der Waals surface area contributed by atoms with E-state index in [0.29, 0.717) is 11.5 Å². The van der Waals surface area contributed by atoms with E-state index in [1.165, 1.54) is 5.56 Å². The smallest absolute Gasteiger partial charge is 0.335 e. The van der Waals surface area contributed by atoms with Gasteiger partial charge in [-0.3, -0.25) is 4.98 Å². The molecular formula is C24H25N3O2. The second-order valence-electron chi connectivity index (χ2n) is 7.44. The molecular weight excluding hydrogens is 362 g/mol. The summed E-state index contributed by atoms with van der Waals surface area (Å²) in [6, 6.07) is 21.9. The number of aromatic nitrogens is 1. The summed E-state index contributed by atoms with van der Waals surface area (Å²) in [4.78, 5) is 15.8. The third-order valence-corrected chi connectivity index (χ3v) is 5.48. The lowest BCUT2D eigenvalue weighted by molar-refractivity contribution is 0.0696. The lowest BCUT2D eigenvalue weighted by Crippen LogP contribution is -2.37. The Bertz CT molecular complexity index is 975. The van der Waals surface area contributed by atoms with Crippen LogP contribution in [-0.2, 0) is 12.8 Å². The van der Waals surface area contributed by atoms with Crippen LogP contribution in [0, 0.1) is 5.92 Å². The van der Waals surface area contributed by atoms with Crippen molar-refractivity contribution in [3.63, 3.8) is 0 Å². The SMILES string of the molecule is O=C(O)c1cccc(CCN[C@H](c2ccccc2)[C@H]2CNc3cccnc3C2)c1. The fourth-order valence-electron chi connectivity index (χ4n) is 4.01. The summed E-state index contributed by atoms with van der Waals surface area (Å²) < 4.78 is 0. The van der Waals surface area contributed by atoms with Crippen molar-refractivity contribution in [1.82, 2.24) is 10.3 Å². The van der Waals surface area contributed by atoms with E-state index in [4.69, 9.17) is 0 Å². The molecule has 1 aliphatic heterocycles. The molecule has 0 fully saturated rings. The van der Waals surface area contributed by atoms with Crippen molar-refractivity contribution in [2.45, 2.75) is 18.9 Å². The highest BCUT2D eigenvalue weighted by Gasteiger charge is 2.27. The van der Waals surface area contributed by atoms with Crippen molar-refractivity contribution < 1.29 is 9.90 Å². The molecule has 0 spiro atoms. The van der Waals surface area contributed by atoms with E-state index in [1.807, 2.05) is 24.4 Å². The maximum absolute atomic E-state index is 11.2. The summed E-state index contributed by atoms with van der Waals surface area (Å²) in [5.41, 5.74) is 4.86. The van der Waals surface area contributed by atoms with Gasteiger partial charge in [-0.15, -0.1) is 0 Å². The average Bonchev–Trinajstić information content (AvgIpc) is 2.77. The van der Waals surface area contributed by atoms with Crippen LogP contribution in [0.5, 0.6) is 0 Å². The van der Waals surface area contributed by atoms with Crippen LogP contribution < -0.4 is 10.6 Å². The highest BCUT2D eigenvalue weighted by atomic mass is 16.4. The molecule has 1 aromatic heterocycles.